The fourth-order valence-electron chi connectivity index (χ4n) is 1.67. The van der Waals surface area contributed by atoms with Gasteiger partial charge in [-0.2, -0.15) is 0 Å². The number of ether oxygens (including phenoxy) is 1. The van der Waals surface area contributed by atoms with Crippen LogP contribution in [0, 0.1) is 11.6 Å². The van der Waals surface area contributed by atoms with E-state index in [1.165, 1.54) is 17.4 Å². The number of nitrogens with zero attached hydrogens (tertiary/aromatic N) is 1. The van der Waals surface area contributed by atoms with E-state index < -0.39 is 17.7 Å². The van der Waals surface area contributed by atoms with Gasteiger partial charge in [0.05, 0.1) is 6.04 Å². The first-order valence-electron chi connectivity index (χ1n) is 6.45. The van der Waals surface area contributed by atoms with E-state index in [0.29, 0.717) is 6.54 Å². The Kier molecular flexibility index (Phi) is 5.60. The Balaban J connectivity index is 1.74. The monoisotopic (exact) mass is 314 g/mol. The van der Waals surface area contributed by atoms with Crippen LogP contribution in [0.3, 0.4) is 0 Å². The largest absolute Gasteiger partial charge is 0.491 e. The normalized spacial score (nSPS) is 13.9. The van der Waals surface area contributed by atoms with Crippen LogP contribution in [-0.4, -0.2) is 29.3 Å². The lowest BCUT2D eigenvalue weighted by Crippen LogP contribution is -2.33. The van der Waals surface area contributed by atoms with Crippen molar-refractivity contribution >= 4 is 11.3 Å². The van der Waals surface area contributed by atoms with Gasteiger partial charge in [-0.3, -0.25) is 0 Å². The minimum atomic E-state index is -0.975. The molecule has 0 aliphatic carbocycles. The van der Waals surface area contributed by atoms with Crippen molar-refractivity contribution in [2.45, 2.75) is 19.1 Å². The van der Waals surface area contributed by atoms with E-state index in [4.69, 9.17) is 4.74 Å². The van der Waals surface area contributed by atoms with Crippen LogP contribution in [0.2, 0.25) is 0 Å². The van der Waals surface area contributed by atoms with Crippen LogP contribution in [0.1, 0.15) is 18.0 Å². The molecule has 2 atom stereocenters. The lowest BCUT2D eigenvalue weighted by atomic mass is 10.3. The van der Waals surface area contributed by atoms with Crippen LogP contribution in [-0.2, 0) is 0 Å². The maximum Gasteiger partial charge on any atom is 0.162 e. The Morgan fingerprint density at radius 2 is 2.19 bits per heavy atom. The number of hydrogen-bond acceptors (Lipinski definition) is 5. The van der Waals surface area contributed by atoms with Gasteiger partial charge in [-0.25, -0.2) is 13.8 Å². The Morgan fingerprint density at radius 3 is 2.86 bits per heavy atom. The average Bonchev–Trinajstić information content (AvgIpc) is 3.00. The van der Waals surface area contributed by atoms with E-state index in [-0.39, 0.29) is 18.4 Å². The van der Waals surface area contributed by atoms with E-state index in [1.54, 1.807) is 6.20 Å². The van der Waals surface area contributed by atoms with Crippen LogP contribution < -0.4 is 10.1 Å². The molecule has 114 valence electrons. The van der Waals surface area contributed by atoms with Crippen LogP contribution in [0.25, 0.3) is 0 Å². The number of hydrogen-bond donors (Lipinski definition) is 2. The summed E-state index contributed by atoms with van der Waals surface area (Å²) in [4.78, 5) is 4.17. The van der Waals surface area contributed by atoms with Gasteiger partial charge >= 0.3 is 0 Å². The quantitative estimate of drug-likeness (QED) is 0.824. The molecule has 1 aromatic heterocycles. The third-order valence-electron chi connectivity index (χ3n) is 2.81. The molecular formula is C14H16F2N2O2S. The molecule has 2 aromatic rings. The van der Waals surface area contributed by atoms with Gasteiger partial charge in [0.25, 0.3) is 0 Å². The first-order valence-corrected chi connectivity index (χ1v) is 7.33. The molecule has 0 saturated carbocycles. The highest BCUT2D eigenvalue weighted by Crippen LogP contribution is 2.16. The molecule has 21 heavy (non-hydrogen) atoms. The van der Waals surface area contributed by atoms with Crippen LogP contribution >= 0.6 is 11.3 Å². The van der Waals surface area contributed by atoms with Crippen molar-refractivity contribution in [2.24, 2.45) is 0 Å². The Hall–Kier alpha value is -1.57. The highest BCUT2D eigenvalue weighted by molar-refractivity contribution is 7.09. The second-order valence-corrected chi connectivity index (χ2v) is 5.47. The Morgan fingerprint density at radius 1 is 1.38 bits per heavy atom. The molecular weight excluding hydrogens is 298 g/mol. The molecule has 2 N–H and O–H groups in total. The molecule has 0 radical (unpaired) electrons. The minimum absolute atomic E-state index is 0.0112. The summed E-state index contributed by atoms with van der Waals surface area (Å²) in [6.07, 6.45) is 0.960. The fraction of sp³-hybridized carbons (Fsp3) is 0.357. The Bertz CT molecular complexity index is 566. The van der Waals surface area contributed by atoms with Gasteiger partial charge in [-0.1, -0.05) is 0 Å². The van der Waals surface area contributed by atoms with Crippen molar-refractivity contribution in [1.29, 1.82) is 0 Å². The molecule has 0 saturated heterocycles. The number of aromatic nitrogens is 1. The van der Waals surface area contributed by atoms with Crippen LogP contribution in [0.5, 0.6) is 5.75 Å². The first-order chi connectivity index (χ1) is 10.1. The topological polar surface area (TPSA) is 54.4 Å². The Labute approximate surface area is 125 Å². The number of thiazole rings is 1. The zero-order valence-corrected chi connectivity index (χ0v) is 12.2. The number of benzene rings is 1. The van der Waals surface area contributed by atoms with Crippen molar-refractivity contribution in [2.75, 3.05) is 13.2 Å². The number of nitrogens with one attached hydrogen (secondary N) is 1. The van der Waals surface area contributed by atoms with E-state index >= 15 is 0 Å². The maximum absolute atomic E-state index is 13.0. The third-order valence-corrected chi connectivity index (χ3v) is 3.77. The van der Waals surface area contributed by atoms with Crippen molar-refractivity contribution in [3.8, 4) is 5.75 Å². The summed E-state index contributed by atoms with van der Waals surface area (Å²) in [5.41, 5.74) is 0. The summed E-state index contributed by atoms with van der Waals surface area (Å²) in [5, 5.41) is 15.8. The standard InChI is InChI=1S/C14H16F2N2O2S/c1-9(14-17-4-5-21-14)18-7-10(19)8-20-11-2-3-12(15)13(16)6-11/h2-6,9-10,18-19H,7-8H2,1H3. The lowest BCUT2D eigenvalue weighted by molar-refractivity contribution is 0.104. The van der Waals surface area contributed by atoms with E-state index in [0.717, 1.165) is 17.1 Å². The summed E-state index contributed by atoms with van der Waals surface area (Å²) in [6, 6.07) is 3.28. The van der Waals surface area contributed by atoms with Crippen LogP contribution in [0.15, 0.2) is 29.8 Å². The van der Waals surface area contributed by atoms with Gasteiger partial charge in [-0.15, -0.1) is 11.3 Å². The van der Waals surface area contributed by atoms with Gasteiger partial charge in [0.15, 0.2) is 11.6 Å². The second-order valence-electron chi connectivity index (χ2n) is 4.54. The molecule has 1 aromatic carbocycles. The summed E-state index contributed by atoms with van der Waals surface area (Å²) in [5.74, 6) is -1.72. The fourth-order valence-corrected chi connectivity index (χ4v) is 2.34. The zero-order chi connectivity index (χ0) is 15.2. The summed E-state index contributed by atoms with van der Waals surface area (Å²) < 4.78 is 30.9. The maximum atomic E-state index is 13.0. The predicted molar refractivity (Wildman–Crippen MR) is 76.4 cm³/mol. The summed E-state index contributed by atoms with van der Waals surface area (Å²) in [6.45, 7) is 2.24. The van der Waals surface area contributed by atoms with Gasteiger partial charge in [0.2, 0.25) is 0 Å². The van der Waals surface area contributed by atoms with Crippen LogP contribution in [0.4, 0.5) is 8.78 Å². The van der Waals surface area contributed by atoms with E-state index in [1.807, 2.05) is 12.3 Å². The number of aliphatic hydroxyl groups excluding tert-OH is 1. The van der Waals surface area contributed by atoms with Crippen molar-refractivity contribution in [3.63, 3.8) is 0 Å². The van der Waals surface area contributed by atoms with Gasteiger partial charge in [0, 0.05) is 24.2 Å². The number of aliphatic hydroxyl groups is 1. The molecule has 0 spiro atoms. The average molecular weight is 314 g/mol. The molecule has 0 aliphatic heterocycles. The SMILES string of the molecule is CC(NCC(O)COc1ccc(F)c(F)c1)c1nccs1. The lowest BCUT2D eigenvalue weighted by Gasteiger charge is -2.16. The van der Waals surface area contributed by atoms with E-state index in [2.05, 4.69) is 10.3 Å². The van der Waals surface area contributed by atoms with Crippen molar-refractivity contribution in [3.05, 3.63) is 46.4 Å². The zero-order valence-electron chi connectivity index (χ0n) is 11.4. The molecule has 4 nitrogen and oxygen atoms in total. The highest BCUT2D eigenvalue weighted by atomic mass is 32.1. The number of halogens is 2. The number of rotatable bonds is 7. The minimum Gasteiger partial charge on any atom is -0.491 e. The summed E-state index contributed by atoms with van der Waals surface area (Å²) >= 11 is 1.53. The molecule has 0 fully saturated rings. The molecule has 0 bridgehead atoms. The van der Waals surface area contributed by atoms with Crippen molar-refractivity contribution < 1.29 is 18.6 Å². The molecule has 0 amide bonds. The van der Waals surface area contributed by atoms with Gasteiger partial charge in [0.1, 0.15) is 23.5 Å². The first kappa shape index (κ1) is 15.8. The molecule has 2 rings (SSSR count). The predicted octanol–water partition coefficient (Wildman–Crippen LogP) is 2.51. The molecule has 1 heterocycles. The second kappa shape index (κ2) is 7.44. The third kappa shape index (κ3) is 4.73. The van der Waals surface area contributed by atoms with Gasteiger partial charge < -0.3 is 15.2 Å². The van der Waals surface area contributed by atoms with Crippen molar-refractivity contribution in [1.82, 2.24) is 10.3 Å². The molecule has 7 heteroatoms. The molecule has 2 unspecified atom stereocenters. The molecule has 0 aliphatic rings. The summed E-state index contributed by atoms with van der Waals surface area (Å²) in [7, 11) is 0. The van der Waals surface area contributed by atoms with E-state index in [9.17, 15) is 13.9 Å². The highest BCUT2D eigenvalue weighted by Gasteiger charge is 2.11. The van der Waals surface area contributed by atoms with Gasteiger partial charge in [-0.05, 0) is 19.1 Å². The smallest absolute Gasteiger partial charge is 0.162 e.